The largest absolute Gasteiger partial charge is 0.383 e. The second-order valence-electron chi connectivity index (χ2n) is 2.89. The third kappa shape index (κ3) is 3.23. The first-order chi connectivity index (χ1) is 5.36. The first-order valence-corrected chi connectivity index (χ1v) is 5.02. The van der Waals surface area contributed by atoms with Crippen LogP contribution in [0.1, 0.15) is 6.42 Å². The summed E-state index contributed by atoms with van der Waals surface area (Å²) in [6.07, 6.45) is 1.27. The molecule has 0 aromatic carbocycles. The van der Waals surface area contributed by atoms with Crippen molar-refractivity contribution in [1.82, 2.24) is 8.43 Å². The molecular formula is C7H15IN2O. The Morgan fingerprint density at radius 3 is 3.09 bits per heavy atom. The van der Waals surface area contributed by atoms with Crippen LogP contribution in [-0.4, -0.2) is 44.3 Å². The van der Waals surface area contributed by atoms with E-state index < -0.39 is 0 Å². The number of halogens is 1. The molecular weight excluding hydrogens is 255 g/mol. The van der Waals surface area contributed by atoms with Gasteiger partial charge in [-0.1, -0.05) is 0 Å². The van der Waals surface area contributed by atoms with E-state index in [1.165, 1.54) is 19.5 Å². The summed E-state index contributed by atoms with van der Waals surface area (Å²) in [6.45, 7) is 4.32. The lowest BCUT2D eigenvalue weighted by Crippen LogP contribution is -2.29. The molecule has 1 rings (SSSR count). The third-order valence-electron chi connectivity index (χ3n) is 2.04. The Bertz CT molecular complexity index is 113. The topological polar surface area (TPSA) is 24.5 Å². The molecule has 1 N–H and O–H groups in total. The molecule has 0 aliphatic carbocycles. The van der Waals surface area contributed by atoms with Gasteiger partial charge in [0.2, 0.25) is 0 Å². The molecule has 1 heterocycles. The summed E-state index contributed by atoms with van der Waals surface area (Å²) in [6, 6.07) is 0.687. The van der Waals surface area contributed by atoms with E-state index in [0.29, 0.717) is 6.04 Å². The highest BCUT2D eigenvalue weighted by Crippen LogP contribution is 2.08. The fraction of sp³-hybridized carbons (Fsp3) is 1.00. The molecule has 1 unspecified atom stereocenters. The molecule has 1 atom stereocenters. The van der Waals surface area contributed by atoms with Crippen LogP contribution in [0.15, 0.2) is 0 Å². The Labute approximate surface area is 82.0 Å². The van der Waals surface area contributed by atoms with Gasteiger partial charge in [-0.3, -0.25) is 8.43 Å². The Kier molecular flexibility index (Phi) is 4.66. The van der Waals surface area contributed by atoms with E-state index in [1.807, 2.05) is 0 Å². The van der Waals surface area contributed by atoms with Crippen molar-refractivity contribution in [1.29, 1.82) is 0 Å². The van der Waals surface area contributed by atoms with Gasteiger partial charge >= 0.3 is 0 Å². The van der Waals surface area contributed by atoms with Crippen molar-refractivity contribution in [3.05, 3.63) is 0 Å². The standard InChI is InChI=1S/C7H15IN2O/c1-11-5-4-10-3-2-7(6-10)9-8/h7,9H,2-6H2,1H3. The summed E-state index contributed by atoms with van der Waals surface area (Å²) in [7, 11) is 1.75. The summed E-state index contributed by atoms with van der Waals surface area (Å²) in [5, 5.41) is 0. The average Bonchev–Trinajstić information content (AvgIpc) is 2.48. The van der Waals surface area contributed by atoms with Crippen LogP contribution in [0.3, 0.4) is 0 Å². The van der Waals surface area contributed by atoms with Crippen LogP contribution in [0.25, 0.3) is 0 Å². The monoisotopic (exact) mass is 270 g/mol. The number of rotatable bonds is 4. The van der Waals surface area contributed by atoms with Crippen molar-refractivity contribution >= 4 is 22.9 Å². The molecule has 1 saturated heterocycles. The Hall–Kier alpha value is 0.610. The van der Waals surface area contributed by atoms with Gasteiger partial charge in [-0.25, -0.2) is 0 Å². The maximum atomic E-state index is 5.01. The first-order valence-electron chi connectivity index (χ1n) is 3.94. The molecule has 1 aliphatic heterocycles. The minimum atomic E-state index is 0.687. The third-order valence-corrected chi connectivity index (χ3v) is 2.92. The number of nitrogens with zero attached hydrogens (tertiary/aromatic N) is 1. The zero-order valence-corrected chi connectivity index (χ0v) is 9.00. The minimum Gasteiger partial charge on any atom is -0.383 e. The summed E-state index contributed by atoms with van der Waals surface area (Å²) in [5.41, 5.74) is 0. The van der Waals surface area contributed by atoms with E-state index in [1.54, 1.807) is 7.11 Å². The van der Waals surface area contributed by atoms with Gasteiger partial charge in [0.1, 0.15) is 0 Å². The van der Waals surface area contributed by atoms with Crippen LogP contribution < -0.4 is 3.53 Å². The van der Waals surface area contributed by atoms with Crippen LogP contribution in [-0.2, 0) is 4.74 Å². The lowest BCUT2D eigenvalue weighted by atomic mass is 10.3. The van der Waals surface area contributed by atoms with Gasteiger partial charge in [0.05, 0.1) is 6.61 Å². The molecule has 1 aliphatic rings. The van der Waals surface area contributed by atoms with E-state index in [2.05, 4.69) is 31.3 Å². The van der Waals surface area contributed by atoms with E-state index in [4.69, 9.17) is 4.74 Å². The smallest absolute Gasteiger partial charge is 0.0589 e. The summed E-state index contributed by atoms with van der Waals surface area (Å²) in [4.78, 5) is 2.43. The molecule has 4 heteroatoms. The normalized spacial score (nSPS) is 26.2. The predicted molar refractivity (Wildman–Crippen MR) is 53.9 cm³/mol. The van der Waals surface area contributed by atoms with Crippen molar-refractivity contribution in [2.45, 2.75) is 12.5 Å². The van der Waals surface area contributed by atoms with E-state index in [-0.39, 0.29) is 0 Å². The predicted octanol–water partition coefficient (Wildman–Crippen LogP) is 0.647. The summed E-state index contributed by atoms with van der Waals surface area (Å²) >= 11 is 2.23. The maximum Gasteiger partial charge on any atom is 0.0589 e. The molecule has 3 nitrogen and oxygen atoms in total. The van der Waals surface area contributed by atoms with Crippen molar-refractivity contribution in [3.8, 4) is 0 Å². The molecule has 0 bridgehead atoms. The van der Waals surface area contributed by atoms with Gasteiger partial charge < -0.3 is 4.74 Å². The number of ether oxygens (including phenoxy) is 1. The Balaban J connectivity index is 2.09. The lowest BCUT2D eigenvalue weighted by molar-refractivity contribution is 0.160. The van der Waals surface area contributed by atoms with Crippen LogP contribution in [0.2, 0.25) is 0 Å². The van der Waals surface area contributed by atoms with Gasteiger partial charge in [-0.2, -0.15) is 0 Å². The number of methoxy groups -OCH3 is 1. The number of nitrogens with one attached hydrogen (secondary N) is 1. The van der Waals surface area contributed by atoms with Crippen LogP contribution in [0.4, 0.5) is 0 Å². The SMILES string of the molecule is COCCN1CCC(NI)C1. The van der Waals surface area contributed by atoms with E-state index >= 15 is 0 Å². The fourth-order valence-corrected chi connectivity index (χ4v) is 1.85. The van der Waals surface area contributed by atoms with E-state index in [0.717, 1.165) is 13.2 Å². The van der Waals surface area contributed by atoms with Crippen molar-refractivity contribution < 1.29 is 4.74 Å². The summed E-state index contributed by atoms with van der Waals surface area (Å²) in [5.74, 6) is 0. The first kappa shape index (κ1) is 9.70. The van der Waals surface area contributed by atoms with Gasteiger partial charge in [0.25, 0.3) is 0 Å². The highest BCUT2D eigenvalue weighted by molar-refractivity contribution is 14.1. The zero-order chi connectivity index (χ0) is 8.10. The molecule has 11 heavy (non-hydrogen) atoms. The number of hydrogen-bond donors (Lipinski definition) is 1. The highest BCUT2D eigenvalue weighted by atomic mass is 127. The van der Waals surface area contributed by atoms with E-state index in [9.17, 15) is 0 Å². The molecule has 0 spiro atoms. The van der Waals surface area contributed by atoms with Crippen LogP contribution in [0, 0.1) is 0 Å². The maximum absolute atomic E-state index is 5.01. The van der Waals surface area contributed by atoms with Gasteiger partial charge in [-0.05, 0) is 13.0 Å². The molecule has 1 fully saturated rings. The average molecular weight is 270 g/mol. The minimum absolute atomic E-state index is 0.687. The zero-order valence-electron chi connectivity index (χ0n) is 6.85. The number of likely N-dealkylation sites (tertiary alicyclic amines) is 1. The Morgan fingerprint density at radius 2 is 2.55 bits per heavy atom. The Morgan fingerprint density at radius 1 is 1.73 bits per heavy atom. The van der Waals surface area contributed by atoms with Crippen LogP contribution in [0.5, 0.6) is 0 Å². The van der Waals surface area contributed by atoms with Gasteiger partial charge in [-0.15, -0.1) is 0 Å². The van der Waals surface area contributed by atoms with Crippen molar-refractivity contribution in [2.24, 2.45) is 0 Å². The molecule has 0 aromatic heterocycles. The lowest BCUT2D eigenvalue weighted by Gasteiger charge is -2.14. The van der Waals surface area contributed by atoms with Crippen molar-refractivity contribution in [3.63, 3.8) is 0 Å². The second-order valence-corrected chi connectivity index (χ2v) is 3.51. The van der Waals surface area contributed by atoms with Crippen molar-refractivity contribution in [2.75, 3.05) is 33.4 Å². The van der Waals surface area contributed by atoms with Gasteiger partial charge in [0, 0.05) is 49.1 Å². The molecule has 66 valence electrons. The molecule has 0 radical (unpaired) electrons. The fourth-order valence-electron chi connectivity index (χ4n) is 1.35. The highest BCUT2D eigenvalue weighted by Gasteiger charge is 2.20. The van der Waals surface area contributed by atoms with Crippen LogP contribution >= 0.6 is 22.9 Å². The molecule has 0 aromatic rings. The molecule has 0 saturated carbocycles. The second kappa shape index (κ2) is 5.29. The quantitative estimate of drug-likeness (QED) is 0.599. The number of hydrogen-bond acceptors (Lipinski definition) is 3. The van der Waals surface area contributed by atoms with Gasteiger partial charge in [0.15, 0.2) is 0 Å². The summed E-state index contributed by atoms with van der Waals surface area (Å²) < 4.78 is 8.27. The molecule has 0 amide bonds.